The van der Waals surface area contributed by atoms with E-state index in [1.807, 2.05) is 31.2 Å². The number of hydrogen-bond acceptors (Lipinski definition) is 2. The van der Waals surface area contributed by atoms with Crippen LogP contribution in [0.1, 0.15) is 37.8 Å². The third kappa shape index (κ3) is 4.75. The van der Waals surface area contributed by atoms with Crippen molar-refractivity contribution in [1.29, 1.82) is 0 Å². The number of benzene rings is 1. The maximum atomic E-state index is 11.6. The number of hydrogen-bond donors (Lipinski definition) is 2. The second kappa shape index (κ2) is 7.30. The van der Waals surface area contributed by atoms with E-state index in [1.54, 1.807) is 0 Å². The molecule has 94 valence electrons. The molecule has 1 aromatic rings. The fraction of sp³-hybridized carbons (Fsp3) is 0.462. The number of rotatable bonds is 6. The topological polar surface area (TPSA) is 49.3 Å². The first-order valence-electron chi connectivity index (χ1n) is 5.79. The molecule has 0 spiro atoms. The molecule has 0 aromatic heterocycles. The highest BCUT2D eigenvalue weighted by molar-refractivity contribution is 6.31. The summed E-state index contributed by atoms with van der Waals surface area (Å²) in [5, 5.41) is 12.2. The van der Waals surface area contributed by atoms with Crippen LogP contribution in [-0.2, 0) is 4.79 Å². The van der Waals surface area contributed by atoms with Gasteiger partial charge in [-0.3, -0.25) is 4.79 Å². The van der Waals surface area contributed by atoms with Crippen molar-refractivity contribution < 1.29 is 9.90 Å². The molecule has 0 fully saturated rings. The molecule has 3 nitrogen and oxygen atoms in total. The molecule has 0 saturated carbocycles. The van der Waals surface area contributed by atoms with Crippen molar-refractivity contribution in [2.45, 2.75) is 32.2 Å². The van der Waals surface area contributed by atoms with Gasteiger partial charge in [0.25, 0.3) is 0 Å². The Morgan fingerprint density at radius 2 is 2.12 bits per heavy atom. The van der Waals surface area contributed by atoms with Gasteiger partial charge in [0, 0.05) is 18.1 Å². The molecule has 0 radical (unpaired) electrons. The molecule has 1 aromatic carbocycles. The fourth-order valence-electron chi connectivity index (χ4n) is 1.62. The van der Waals surface area contributed by atoms with E-state index in [0.29, 0.717) is 24.3 Å². The average molecular weight is 256 g/mol. The van der Waals surface area contributed by atoms with Gasteiger partial charge in [0.15, 0.2) is 0 Å². The van der Waals surface area contributed by atoms with E-state index in [4.69, 9.17) is 16.7 Å². The van der Waals surface area contributed by atoms with Crippen molar-refractivity contribution in [3.05, 3.63) is 34.9 Å². The maximum Gasteiger partial charge on any atom is 0.220 e. The van der Waals surface area contributed by atoms with Crippen molar-refractivity contribution >= 4 is 17.5 Å². The average Bonchev–Trinajstić information content (AvgIpc) is 2.29. The summed E-state index contributed by atoms with van der Waals surface area (Å²) < 4.78 is 0. The molecule has 1 rings (SSSR count). The molecule has 1 atom stereocenters. The Morgan fingerprint density at radius 3 is 2.76 bits per heavy atom. The van der Waals surface area contributed by atoms with E-state index in [1.165, 1.54) is 0 Å². The lowest BCUT2D eigenvalue weighted by Gasteiger charge is -2.15. The zero-order chi connectivity index (χ0) is 12.7. The molecule has 0 bridgehead atoms. The minimum Gasteiger partial charge on any atom is -0.396 e. The van der Waals surface area contributed by atoms with Gasteiger partial charge in [0.05, 0.1) is 6.04 Å². The summed E-state index contributed by atoms with van der Waals surface area (Å²) in [5.74, 6) is -0.00845. The van der Waals surface area contributed by atoms with Crippen molar-refractivity contribution in [2.24, 2.45) is 0 Å². The first-order valence-corrected chi connectivity index (χ1v) is 6.17. The Hall–Kier alpha value is -1.06. The van der Waals surface area contributed by atoms with Crippen LogP contribution in [0.5, 0.6) is 0 Å². The van der Waals surface area contributed by atoms with Crippen LogP contribution in [0.2, 0.25) is 5.02 Å². The van der Waals surface area contributed by atoms with Gasteiger partial charge in [-0.05, 0) is 31.4 Å². The number of carbonyl (C=O) groups is 1. The van der Waals surface area contributed by atoms with Gasteiger partial charge >= 0.3 is 0 Å². The fourth-order valence-corrected chi connectivity index (χ4v) is 1.91. The summed E-state index contributed by atoms with van der Waals surface area (Å²) in [6, 6.07) is 7.38. The van der Waals surface area contributed by atoms with Crippen LogP contribution in [-0.4, -0.2) is 17.6 Å². The largest absolute Gasteiger partial charge is 0.396 e. The Morgan fingerprint density at radius 1 is 1.41 bits per heavy atom. The Balaban J connectivity index is 2.46. The summed E-state index contributed by atoms with van der Waals surface area (Å²) in [6.07, 6.45) is 1.81. The lowest BCUT2D eigenvalue weighted by molar-refractivity contribution is -0.121. The van der Waals surface area contributed by atoms with Crippen LogP contribution in [0, 0.1) is 0 Å². The molecular formula is C13H18ClNO2. The van der Waals surface area contributed by atoms with E-state index < -0.39 is 0 Å². The van der Waals surface area contributed by atoms with Crippen molar-refractivity contribution in [1.82, 2.24) is 5.32 Å². The molecule has 0 aliphatic carbocycles. The normalized spacial score (nSPS) is 12.2. The molecule has 0 heterocycles. The van der Waals surface area contributed by atoms with Crippen molar-refractivity contribution in [3.8, 4) is 0 Å². The second-order valence-corrected chi connectivity index (χ2v) is 4.40. The van der Waals surface area contributed by atoms with Crippen LogP contribution < -0.4 is 5.32 Å². The van der Waals surface area contributed by atoms with Gasteiger partial charge < -0.3 is 10.4 Å². The summed E-state index contributed by atoms with van der Waals surface area (Å²) in [4.78, 5) is 11.6. The van der Waals surface area contributed by atoms with Gasteiger partial charge in [-0.2, -0.15) is 0 Å². The van der Waals surface area contributed by atoms with Gasteiger partial charge in [-0.1, -0.05) is 29.8 Å². The standard InChI is InChI=1S/C13H18ClNO2/c1-10(11-6-2-3-7-12(11)14)15-13(17)8-4-5-9-16/h2-3,6-7,10,16H,4-5,8-9H2,1H3,(H,15,17). The highest BCUT2D eigenvalue weighted by atomic mass is 35.5. The maximum absolute atomic E-state index is 11.6. The Labute approximate surface area is 107 Å². The highest BCUT2D eigenvalue weighted by Crippen LogP contribution is 2.22. The van der Waals surface area contributed by atoms with E-state index in [-0.39, 0.29) is 18.6 Å². The molecule has 1 unspecified atom stereocenters. The molecule has 0 aliphatic heterocycles. The number of halogens is 1. The lowest BCUT2D eigenvalue weighted by atomic mass is 10.1. The molecule has 0 saturated heterocycles. The van der Waals surface area contributed by atoms with Crippen LogP contribution in [0.25, 0.3) is 0 Å². The molecular weight excluding hydrogens is 238 g/mol. The van der Waals surface area contributed by atoms with E-state index in [9.17, 15) is 4.79 Å². The number of amides is 1. The highest BCUT2D eigenvalue weighted by Gasteiger charge is 2.11. The smallest absolute Gasteiger partial charge is 0.220 e. The Bertz CT molecular complexity index is 368. The van der Waals surface area contributed by atoms with E-state index >= 15 is 0 Å². The summed E-state index contributed by atoms with van der Waals surface area (Å²) in [7, 11) is 0. The Kier molecular flexibility index (Phi) is 6.01. The predicted molar refractivity (Wildman–Crippen MR) is 68.9 cm³/mol. The zero-order valence-electron chi connectivity index (χ0n) is 9.95. The minimum atomic E-state index is -0.0923. The second-order valence-electron chi connectivity index (χ2n) is 3.99. The number of aliphatic hydroxyl groups is 1. The van der Waals surface area contributed by atoms with Crippen LogP contribution >= 0.6 is 11.6 Å². The third-order valence-corrected chi connectivity index (χ3v) is 2.91. The number of unbranched alkanes of at least 4 members (excludes halogenated alkanes) is 1. The van der Waals surface area contributed by atoms with Gasteiger partial charge in [-0.25, -0.2) is 0 Å². The van der Waals surface area contributed by atoms with Crippen molar-refractivity contribution in [2.75, 3.05) is 6.61 Å². The molecule has 17 heavy (non-hydrogen) atoms. The molecule has 1 amide bonds. The first-order chi connectivity index (χ1) is 8.15. The molecule has 2 N–H and O–H groups in total. The number of carbonyl (C=O) groups excluding carboxylic acids is 1. The summed E-state index contributed by atoms with van der Waals surface area (Å²) in [5.41, 5.74) is 0.921. The van der Waals surface area contributed by atoms with Gasteiger partial charge in [0.2, 0.25) is 5.91 Å². The number of aliphatic hydroxyl groups excluding tert-OH is 1. The quantitative estimate of drug-likeness (QED) is 0.768. The van der Waals surface area contributed by atoms with Crippen LogP contribution in [0.4, 0.5) is 0 Å². The molecule has 4 heteroatoms. The predicted octanol–water partition coefficient (Wildman–Crippen LogP) is 2.68. The van der Waals surface area contributed by atoms with Gasteiger partial charge in [-0.15, -0.1) is 0 Å². The minimum absolute atomic E-state index is 0.00845. The zero-order valence-corrected chi connectivity index (χ0v) is 10.7. The van der Waals surface area contributed by atoms with Crippen LogP contribution in [0.15, 0.2) is 24.3 Å². The van der Waals surface area contributed by atoms with Crippen molar-refractivity contribution in [3.63, 3.8) is 0 Å². The monoisotopic (exact) mass is 255 g/mol. The lowest BCUT2D eigenvalue weighted by Crippen LogP contribution is -2.26. The molecule has 0 aliphatic rings. The van der Waals surface area contributed by atoms with Crippen LogP contribution in [0.3, 0.4) is 0 Å². The summed E-state index contributed by atoms with van der Waals surface area (Å²) in [6.45, 7) is 2.04. The van der Waals surface area contributed by atoms with Gasteiger partial charge in [0.1, 0.15) is 0 Å². The summed E-state index contributed by atoms with van der Waals surface area (Å²) >= 11 is 6.04. The van der Waals surface area contributed by atoms with E-state index in [0.717, 1.165) is 5.56 Å². The first kappa shape index (κ1) is 14.0. The third-order valence-electron chi connectivity index (χ3n) is 2.56. The SMILES string of the molecule is CC(NC(=O)CCCCO)c1ccccc1Cl. The van der Waals surface area contributed by atoms with E-state index in [2.05, 4.69) is 5.32 Å². The number of nitrogens with one attached hydrogen (secondary N) is 1.